The summed E-state index contributed by atoms with van der Waals surface area (Å²) in [6.07, 6.45) is 5.92. The molecule has 3 atom stereocenters. The van der Waals surface area contributed by atoms with Crippen molar-refractivity contribution < 1.29 is 9.53 Å². The molecule has 2 aliphatic rings. The van der Waals surface area contributed by atoms with E-state index in [0.717, 1.165) is 6.42 Å². The van der Waals surface area contributed by atoms with Gasteiger partial charge in [-0.2, -0.15) is 0 Å². The Morgan fingerprint density at radius 2 is 2.06 bits per heavy atom. The number of fused-ring (bicyclic) bond motifs is 1. The van der Waals surface area contributed by atoms with Crippen molar-refractivity contribution in [1.29, 1.82) is 0 Å². The summed E-state index contributed by atoms with van der Waals surface area (Å²) in [5.74, 6) is 1.95. The van der Waals surface area contributed by atoms with Crippen LogP contribution >= 0.6 is 0 Å². The van der Waals surface area contributed by atoms with Gasteiger partial charge in [0.25, 0.3) is 0 Å². The quantitative estimate of drug-likeness (QED) is 0.725. The van der Waals surface area contributed by atoms with Gasteiger partial charge in [-0.25, -0.2) is 0 Å². The molecular formula is C13H24N2O2. The van der Waals surface area contributed by atoms with Gasteiger partial charge in [-0.3, -0.25) is 4.79 Å². The highest BCUT2D eigenvalue weighted by Crippen LogP contribution is 2.55. The average molecular weight is 240 g/mol. The van der Waals surface area contributed by atoms with Gasteiger partial charge in [-0.05, 0) is 31.1 Å². The first-order chi connectivity index (χ1) is 8.24. The number of methoxy groups -OCH3 is 1. The minimum Gasteiger partial charge on any atom is -0.383 e. The Kier molecular flexibility index (Phi) is 4.40. The van der Waals surface area contributed by atoms with Gasteiger partial charge in [-0.15, -0.1) is 0 Å². The van der Waals surface area contributed by atoms with Gasteiger partial charge in [0.2, 0.25) is 5.91 Å². The molecule has 0 aromatic heterocycles. The van der Waals surface area contributed by atoms with Crippen molar-refractivity contribution in [2.75, 3.05) is 20.3 Å². The van der Waals surface area contributed by atoms with E-state index in [1.807, 2.05) is 0 Å². The summed E-state index contributed by atoms with van der Waals surface area (Å²) in [6, 6.07) is 0.0294. The molecule has 0 heterocycles. The van der Waals surface area contributed by atoms with Gasteiger partial charge in [0.1, 0.15) is 0 Å². The van der Waals surface area contributed by atoms with Gasteiger partial charge >= 0.3 is 0 Å². The summed E-state index contributed by atoms with van der Waals surface area (Å²) in [5, 5.41) is 3.02. The van der Waals surface area contributed by atoms with E-state index in [1.54, 1.807) is 7.11 Å². The van der Waals surface area contributed by atoms with Gasteiger partial charge in [0, 0.05) is 25.6 Å². The molecule has 0 aromatic rings. The first kappa shape index (κ1) is 12.8. The maximum atomic E-state index is 11.9. The third-order valence-electron chi connectivity index (χ3n) is 4.15. The molecule has 3 N–H and O–H groups in total. The van der Waals surface area contributed by atoms with Crippen LogP contribution in [-0.4, -0.2) is 32.2 Å². The fraction of sp³-hybridized carbons (Fsp3) is 0.923. The first-order valence-electron chi connectivity index (χ1n) is 6.76. The van der Waals surface area contributed by atoms with Crippen molar-refractivity contribution in [3.63, 3.8) is 0 Å². The third-order valence-corrected chi connectivity index (χ3v) is 4.15. The zero-order valence-corrected chi connectivity index (χ0v) is 10.7. The van der Waals surface area contributed by atoms with Crippen LogP contribution in [0, 0.1) is 17.8 Å². The number of amides is 1. The normalized spacial score (nSPS) is 32.7. The summed E-state index contributed by atoms with van der Waals surface area (Å²) in [7, 11) is 1.65. The molecule has 0 saturated heterocycles. The zero-order valence-electron chi connectivity index (χ0n) is 10.7. The van der Waals surface area contributed by atoms with Crippen LogP contribution in [0.25, 0.3) is 0 Å². The van der Waals surface area contributed by atoms with E-state index in [9.17, 15) is 4.79 Å². The van der Waals surface area contributed by atoms with Crippen molar-refractivity contribution in [3.05, 3.63) is 0 Å². The molecule has 3 unspecified atom stereocenters. The Morgan fingerprint density at radius 3 is 2.65 bits per heavy atom. The summed E-state index contributed by atoms with van der Waals surface area (Å²) < 4.78 is 4.96. The second-order valence-corrected chi connectivity index (χ2v) is 5.43. The maximum Gasteiger partial charge on any atom is 0.223 e. The largest absolute Gasteiger partial charge is 0.383 e. The van der Waals surface area contributed by atoms with Crippen LogP contribution in [0.2, 0.25) is 0 Å². The molecule has 0 bridgehead atoms. The lowest BCUT2D eigenvalue weighted by atomic mass is 10.0. The van der Waals surface area contributed by atoms with Crippen LogP contribution in [0.4, 0.5) is 0 Å². The predicted molar refractivity (Wildman–Crippen MR) is 66.4 cm³/mol. The smallest absolute Gasteiger partial charge is 0.223 e. The Hall–Kier alpha value is -0.610. The fourth-order valence-electron chi connectivity index (χ4n) is 3.18. The second-order valence-electron chi connectivity index (χ2n) is 5.43. The van der Waals surface area contributed by atoms with Crippen LogP contribution in [0.5, 0.6) is 0 Å². The van der Waals surface area contributed by atoms with Gasteiger partial charge in [0.05, 0.1) is 6.61 Å². The van der Waals surface area contributed by atoms with E-state index in [4.69, 9.17) is 10.5 Å². The third kappa shape index (κ3) is 3.19. The first-order valence-corrected chi connectivity index (χ1v) is 6.76. The van der Waals surface area contributed by atoms with Crippen LogP contribution in [0.3, 0.4) is 0 Å². The molecule has 0 aliphatic heterocycles. The lowest BCUT2D eigenvalue weighted by Gasteiger charge is -2.10. The molecule has 1 amide bonds. The number of nitrogens with two attached hydrogens (primary N) is 1. The minimum atomic E-state index is 0.0294. The summed E-state index contributed by atoms with van der Waals surface area (Å²) >= 11 is 0. The van der Waals surface area contributed by atoms with Crippen molar-refractivity contribution in [3.8, 4) is 0 Å². The van der Waals surface area contributed by atoms with Crippen LogP contribution in [-0.2, 0) is 9.53 Å². The van der Waals surface area contributed by atoms with E-state index in [1.165, 1.54) is 25.7 Å². The topological polar surface area (TPSA) is 64.3 Å². The standard InChI is InChI=1S/C13H24N2O2/c1-17-8-9(14)6-7-15-13(16)12-10-4-2-3-5-11(10)12/h9-12H,2-8,14H2,1H3,(H,15,16). The molecule has 2 fully saturated rings. The Labute approximate surface area is 103 Å². The number of hydrogen-bond donors (Lipinski definition) is 2. The van der Waals surface area contributed by atoms with Gasteiger partial charge in [0.15, 0.2) is 0 Å². The number of carbonyl (C=O) groups is 1. The average Bonchev–Trinajstić information content (AvgIpc) is 3.03. The number of rotatable bonds is 6. The van der Waals surface area contributed by atoms with Crippen molar-refractivity contribution in [1.82, 2.24) is 5.32 Å². The molecule has 4 heteroatoms. The Bertz CT molecular complexity index is 258. The maximum absolute atomic E-state index is 11.9. The molecule has 2 rings (SSSR count). The minimum absolute atomic E-state index is 0.0294. The number of hydrogen-bond acceptors (Lipinski definition) is 3. The molecule has 98 valence electrons. The molecule has 4 nitrogen and oxygen atoms in total. The zero-order chi connectivity index (χ0) is 12.3. The van der Waals surface area contributed by atoms with E-state index >= 15 is 0 Å². The predicted octanol–water partition coefficient (Wildman–Crippen LogP) is 0.903. The van der Waals surface area contributed by atoms with Gasteiger partial charge in [-0.1, -0.05) is 12.8 Å². The Morgan fingerprint density at radius 1 is 1.41 bits per heavy atom. The van der Waals surface area contributed by atoms with Crippen LogP contribution in [0.15, 0.2) is 0 Å². The number of carbonyl (C=O) groups excluding carboxylic acids is 1. The number of ether oxygens (including phenoxy) is 1. The van der Waals surface area contributed by atoms with Crippen molar-refractivity contribution in [2.45, 2.75) is 38.1 Å². The molecule has 0 spiro atoms. The lowest BCUT2D eigenvalue weighted by molar-refractivity contribution is -0.122. The summed E-state index contributed by atoms with van der Waals surface area (Å²) in [5.41, 5.74) is 5.80. The molecular weight excluding hydrogens is 216 g/mol. The molecule has 0 aromatic carbocycles. The SMILES string of the molecule is COCC(N)CCNC(=O)C1C2CCCCC21. The van der Waals surface area contributed by atoms with Crippen molar-refractivity contribution in [2.24, 2.45) is 23.5 Å². The fourth-order valence-corrected chi connectivity index (χ4v) is 3.18. The van der Waals surface area contributed by atoms with E-state index in [-0.39, 0.29) is 11.9 Å². The second kappa shape index (κ2) is 5.83. The number of nitrogens with one attached hydrogen (secondary N) is 1. The van der Waals surface area contributed by atoms with E-state index in [2.05, 4.69) is 5.32 Å². The highest BCUT2D eigenvalue weighted by atomic mass is 16.5. The molecule has 0 radical (unpaired) electrons. The van der Waals surface area contributed by atoms with E-state index in [0.29, 0.717) is 30.9 Å². The monoisotopic (exact) mass is 240 g/mol. The summed E-state index contributed by atoms with van der Waals surface area (Å²) in [4.78, 5) is 11.9. The molecule has 2 saturated carbocycles. The van der Waals surface area contributed by atoms with Crippen LogP contribution < -0.4 is 11.1 Å². The lowest BCUT2D eigenvalue weighted by Crippen LogP contribution is -2.33. The van der Waals surface area contributed by atoms with E-state index < -0.39 is 0 Å². The summed E-state index contributed by atoms with van der Waals surface area (Å²) in [6.45, 7) is 1.24. The van der Waals surface area contributed by atoms with Gasteiger partial charge < -0.3 is 15.8 Å². The van der Waals surface area contributed by atoms with Crippen molar-refractivity contribution >= 4 is 5.91 Å². The highest BCUT2D eigenvalue weighted by Gasteiger charge is 2.54. The Balaban J connectivity index is 1.62. The van der Waals surface area contributed by atoms with Crippen LogP contribution in [0.1, 0.15) is 32.1 Å². The molecule has 17 heavy (non-hydrogen) atoms. The molecule has 2 aliphatic carbocycles. The highest BCUT2D eigenvalue weighted by molar-refractivity contribution is 5.82.